The molecule has 29 heavy (non-hydrogen) atoms. The highest BCUT2D eigenvalue weighted by atomic mass is 32.1. The number of carbonyl (C=O) groups excluding carboxylic acids is 1. The summed E-state index contributed by atoms with van der Waals surface area (Å²) in [6.07, 6.45) is 0.0791. The van der Waals surface area contributed by atoms with Crippen LogP contribution < -0.4 is 11.3 Å². The van der Waals surface area contributed by atoms with Crippen molar-refractivity contribution in [2.75, 3.05) is 0 Å². The molecular formula is C23H21N3O2S. The largest absolute Gasteiger partial charge is 0.370 e. The van der Waals surface area contributed by atoms with Crippen molar-refractivity contribution in [3.8, 4) is 22.5 Å². The van der Waals surface area contributed by atoms with Crippen LogP contribution in [-0.2, 0) is 11.3 Å². The van der Waals surface area contributed by atoms with Crippen molar-refractivity contribution in [2.24, 2.45) is 5.73 Å². The van der Waals surface area contributed by atoms with Crippen LogP contribution in [0.1, 0.15) is 16.9 Å². The number of benzene rings is 2. The van der Waals surface area contributed by atoms with Crippen LogP contribution in [0, 0.1) is 13.8 Å². The Kier molecular flexibility index (Phi) is 5.03. The Morgan fingerprint density at radius 1 is 1.07 bits per heavy atom. The van der Waals surface area contributed by atoms with Crippen LogP contribution in [0.5, 0.6) is 0 Å². The summed E-state index contributed by atoms with van der Waals surface area (Å²) in [5, 5.41) is 0.597. The van der Waals surface area contributed by atoms with Crippen molar-refractivity contribution in [1.82, 2.24) is 9.55 Å². The molecule has 0 atom stereocenters. The van der Waals surface area contributed by atoms with E-state index >= 15 is 0 Å². The fourth-order valence-electron chi connectivity index (χ4n) is 3.58. The van der Waals surface area contributed by atoms with Crippen LogP contribution in [0.4, 0.5) is 0 Å². The smallest absolute Gasteiger partial charge is 0.263 e. The van der Waals surface area contributed by atoms with Crippen LogP contribution in [0.25, 0.3) is 32.7 Å². The molecule has 5 nitrogen and oxygen atoms in total. The van der Waals surface area contributed by atoms with E-state index in [4.69, 9.17) is 10.7 Å². The number of hydrogen-bond donors (Lipinski definition) is 1. The lowest BCUT2D eigenvalue weighted by Gasteiger charge is -2.13. The second-order valence-electron chi connectivity index (χ2n) is 7.06. The third kappa shape index (κ3) is 3.59. The SMILES string of the molecule is Cc1cccc(-c2nc3sc(C)c(-c4ccccc4)c3c(=O)n2CCC(N)=O)c1. The minimum Gasteiger partial charge on any atom is -0.370 e. The first-order valence-electron chi connectivity index (χ1n) is 9.40. The molecule has 0 aliphatic rings. The lowest BCUT2D eigenvalue weighted by molar-refractivity contribution is -0.118. The van der Waals surface area contributed by atoms with Crippen LogP contribution in [0.3, 0.4) is 0 Å². The van der Waals surface area contributed by atoms with Gasteiger partial charge in [-0.05, 0) is 25.5 Å². The molecule has 0 saturated heterocycles. The highest BCUT2D eigenvalue weighted by Gasteiger charge is 2.20. The molecular weight excluding hydrogens is 382 g/mol. The molecule has 0 saturated carbocycles. The molecule has 2 N–H and O–H groups in total. The first-order valence-corrected chi connectivity index (χ1v) is 10.2. The number of rotatable bonds is 5. The summed E-state index contributed by atoms with van der Waals surface area (Å²) in [4.78, 5) is 31.6. The second kappa shape index (κ2) is 7.64. The lowest BCUT2D eigenvalue weighted by Crippen LogP contribution is -2.26. The molecule has 6 heteroatoms. The van der Waals surface area contributed by atoms with Crippen LogP contribution in [0.2, 0.25) is 0 Å². The van der Waals surface area contributed by atoms with E-state index in [9.17, 15) is 9.59 Å². The third-order valence-corrected chi connectivity index (χ3v) is 5.91. The Hall–Kier alpha value is -3.25. The average molecular weight is 404 g/mol. The summed E-state index contributed by atoms with van der Waals surface area (Å²) in [6.45, 7) is 4.20. The maximum Gasteiger partial charge on any atom is 0.263 e. The van der Waals surface area contributed by atoms with E-state index in [-0.39, 0.29) is 18.5 Å². The number of fused-ring (bicyclic) bond motifs is 1. The van der Waals surface area contributed by atoms with Gasteiger partial charge in [0.1, 0.15) is 10.7 Å². The maximum atomic E-state index is 13.6. The van der Waals surface area contributed by atoms with Gasteiger partial charge in [-0.2, -0.15) is 0 Å². The number of thiophene rings is 1. The molecule has 0 radical (unpaired) electrons. The van der Waals surface area contributed by atoms with Crippen molar-refractivity contribution < 1.29 is 4.79 Å². The van der Waals surface area contributed by atoms with E-state index in [0.29, 0.717) is 16.0 Å². The Balaban J connectivity index is 2.03. The van der Waals surface area contributed by atoms with Crippen molar-refractivity contribution in [1.29, 1.82) is 0 Å². The topological polar surface area (TPSA) is 78.0 Å². The van der Waals surface area contributed by atoms with E-state index in [1.807, 2.05) is 68.4 Å². The Morgan fingerprint density at radius 3 is 2.48 bits per heavy atom. The number of aryl methyl sites for hydroxylation is 2. The Bertz CT molecular complexity index is 1270. The van der Waals surface area contributed by atoms with Gasteiger partial charge in [0, 0.05) is 29.0 Å². The summed E-state index contributed by atoms with van der Waals surface area (Å²) in [5.41, 5.74) is 9.04. The second-order valence-corrected chi connectivity index (χ2v) is 8.26. The fraction of sp³-hybridized carbons (Fsp3) is 0.174. The molecule has 0 aliphatic carbocycles. The molecule has 0 fully saturated rings. The number of nitrogens with two attached hydrogens (primary N) is 1. The summed E-state index contributed by atoms with van der Waals surface area (Å²) in [5.74, 6) is 0.116. The molecule has 0 spiro atoms. The molecule has 4 aromatic rings. The third-order valence-electron chi connectivity index (χ3n) is 4.91. The highest BCUT2D eigenvalue weighted by molar-refractivity contribution is 7.19. The number of aromatic nitrogens is 2. The molecule has 0 aliphatic heterocycles. The zero-order chi connectivity index (χ0) is 20.5. The van der Waals surface area contributed by atoms with Crippen molar-refractivity contribution in [3.05, 3.63) is 75.4 Å². The first kappa shape index (κ1) is 19.1. The minimum absolute atomic E-state index is 0.0791. The summed E-state index contributed by atoms with van der Waals surface area (Å²) >= 11 is 1.52. The zero-order valence-corrected chi connectivity index (χ0v) is 17.1. The van der Waals surface area contributed by atoms with Crippen LogP contribution in [0.15, 0.2) is 59.4 Å². The number of carbonyl (C=O) groups is 1. The number of hydrogen-bond acceptors (Lipinski definition) is 4. The molecule has 0 bridgehead atoms. The molecule has 1 amide bonds. The van der Waals surface area contributed by atoms with Crippen molar-refractivity contribution >= 4 is 27.5 Å². The van der Waals surface area contributed by atoms with Crippen molar-refractivity contribution in [3.63, 3.8) is 0 Å². The van der Waals surface area contributed by atoms with Gasteiger partial charge in [-0.3, -0.25) is 14.2 Å². The van der Waals surface area contributed by atoms with E-state index in [2.05, 4.69) is 0 Å². The van der Waals surface area contributed by atoms with Gasteiger partial charge in [0.25, 0.3) is 5.56 Å². The standard InChI is InChI=1S/C23H21N3O2S/c1-14-7-6-10-17(13-14)21-25-22-20(23(28)26(21)12-11-18(24)27)19(15(2)29-22)16-8-4-3-5-9-16/h3-10,13H,11-12H2,1-2H3,(H2,24,27). The van der Waals surface area contributed by atoms with Gasteiger partial charge < -0.3 is 5.73 Å². The molecule has 2 aromatic carbocycles. The van der Waals surface area contributed by atoms with Gasteiger partial charge in [0.2, 0.25) is 5.91 Å². The summed E-state index contributed by atoms with van der Waals surface area (Å²) < 4.78 is 1.58. The zero-order valence-electron chi connectivity index (χ0n) is 16.3. The van der Waals surface area contributed by atoms with E-state index in [0.717, 1.165) is 27.1 Å². The normalized spacial score (nSPS) is 11.1. The van der Waals surface area contributed by atoms with Gasteiger partial charge in [0.05, 0.1) is 5.39 Å². The Labute approximate surface area is 172 Å². The lowest BCUT2D eigenvalue weighted by atomic mass is 10.0. The number of primary amides is 1. The van der Waals surface area contributed by atoms with Gasteiger partial charge >= 0.3 is 0 Å². The summed E-state index contributed by atoms with van der Waals surface area (Å²) in [6, 6.07) is 17.7. The van der Waals surface area contributed by atoms with Crippen LogP contribution >= 0.6 is 11.3 Å². The fourth-order valence-corrected chi connectivity index (χ4v) is 4.62. The molecule has 4 rings (SSSR count). The van der Waals surface area contributed by atoms with Gasteiger partial charge in [-0.25, -0.2) is 4.98 Å². The van der Waals surface area contributed by atoms with Gasteiger partial charge in [-0.1, -0.05) is 54.1 Å². The predicted molar refractivity (Wildman–Crippen MR) is 118 cm³/mol. The molecule has 0 unspecified atom stereocenters. The maximum absolute atomic E-state index is 13.6. The number of nitrogens with zero attached hydrogens (tertiary/aromatic N) is 2. The Morgan fingerprint density at radius 2 is 1.79 bits per heavy atom. The predicted octanol–water partition coefficient (Wildman–Crippen LogP) is 4.28. The van der Waals surface area contributed by atoms with Gasteiger partial charge in [-0.15, -0.1) is 11.3 Å². The molecule has 146 valence electrons. The number of amides is 1. The quantitative estimate of drug-likeness (QED) is 0.540. The van der Waals surface area contributed by atoms with E-state index in [1.54, 1.807) is 4.57 Å². The first-order chi connectivity index (χ1) is 14.0. The molecule has 2 aromatic heterocycles. The average Bonchev–Trinajstić information content (AvgIpc) is 3.04. The summed E-state index contributed by atoms with van der Waals surface area (Å²) in [7, 11) is 0. The van der Waals surface area contributed by atoms with E-state index in [1.165, 1.54) is 11.3 Å². The van der Waals surface area contributed by atoms with Crippen molar-refractivity contribution in [2.45, 2.75) is 26.8 Å². The monoisotopic (exact) mass is 403 g/mol. The molecule has 2 heterocycles. The minimum atomic E-state index is -0.447. The van der Waals surface area contributed by atoms with E-state index < -0.39 is 5.91 Å². The van der Waals surface area contributed by atoms with Gasteiger partial charge in [0.15, 0.2) is 0 Å². The van der Waals surface area contributed by atoms with Crippen LogP contribution in [-0.4, -0.2) is 15.5 Å². The highest BCUT2D eigenvalue weighted by Crippen LogP contribution is 2.36.